The fourth-order valence-electron chi connectivity index (χ4n) is 2.27. The van der Waals surface area contributed by atoms with Crippen molar-refractivity contribution in [3.05, 3.63) is 29.8 Å². The van der Waals surface area contributed by atoms with Gasteiger partial charge in [-0.3, -0.25) is 4.79 Å². The average Bonchev–Trinajstić information content (AvgIpc) is 3.31. The van der Waals surface area contributed by atoms with Gasteiger partial charge in [-0.2, -0.15) is 0 Å². The summed E-state index contributed by atoms with van der Waals surface area (Å²) in [6.07, 6.45) is 2.13. The maximum Gasteiger partial charge on any atom is 0.319 e. The summed E-state index contributed by atoms with van der Waals surface area (Å²) in [5.41, 5.74) is 1.75. The fraction of sp³-hybridized carbons (Fsp3) is 0.529. The monoisotopic (exact) mass is 354 g/mol. The Kier molecular flexibility index (Phi) is 8.01. The third-order valence-electron chi connectivity index (χ3n) is 3.90. The lowest BCUT2D eigenvalue weighted by atomic mass is 10.1. The van der Waals surface area contributed by atoms with Gasteiger partial charge in [0.25, 0.3) is 0 Å². The van der Waals surface area contributed by atoms with Crippen LogP contribution in [-0.2, 0) is 4.79 Å². The first-order valence-corrected chi connectivity index (χ1v) is 8.12. The van der Waals surface area contributed by atoms with Crippen LogP contribution in [0, 0.1) is 5.92 Å². The summed E-state index contributed by atoms with van der Waals surface area (Å²) >= 11 is 0. The maximum atomic E-state index is 12.0. The number of hydrogen-bond acceptors (Lipinski definition) is 3. The molecule has 2 atom stereocenters. The molecule has 2 unspecified atom stereocenters. The van der Waals surface area contributed by atoms with Crippen molar-refractivity contribution in [2.75, 3.05) is 18.9 Å². The molecule has 0 bridgehead atoms. The second kappa shape index (κ2) is 9.49. The zero-order valence-electron chi connectivity index (χ0n) is 14.4. The molecule has 0 radical (unpaired) electrons. The molecular weight excluding hydrogens is 328 g/mol. The van der Waals surface area contributed by atoms with E-state index >= 15 is 0 Å². The van der Waals surface area contributed by atoms with E-state index in [1.807, 2.05) is 45.2 Å². The van der Waals surface area contributed by atoms with E-state index in [4.69, 9.17) is 0 Å². The molecule has 3 amide bonds. The molecule has 0 saturated heterocycles. The molecule has 2 rings (SSSR count). The van der Waals surface area contributed by atoms with Gasteiger partial charge in [-0.05, 0) is 44.5 Å². The van der Waals surface area contributed by atoms with Gasteiger partial charge in [-0.25, -0.2) is 4.79 Å². The largest absolute Gasteiger partial charge is 0.349 e. The topological polar surface area (TPSA) is 82.3 Å². The second-order valence-electron chi connectivity index (χ2n) is 6.18. The minimum absolute atomic E-state index is 0. The highest BCUT2D eigenvalue weighted by Gasteiger charge is 2.23. The van der Waals surface area contributed by atoms with Gasteiger partial charge in [0.1, 0.15) is 0 Å². The molecule has 0 heterocycles. The first-order chi connectivity index (χ1) is 11.0. The summed E-state index contributed by atoms with van der Waals surface area (Å²) in [6.45, 7) is 4.49. The van der Waals surface area contributed by atoms with Gasteiger partial charge in [-0.1, -0.05) is 19.1 Å². The van der Waals surface area contributed by atoms with Gasteiger partial charge in [0.2, 0.25) is 5.91 Å². The molecule has 1 aliphatic rings. The minimum atomic E-state index is -0.164. The molecule has 0 spiro atoms. The van der Waals surface area contributed by atoms with E-state index in [0.717, 1.165) is 24.1 Å². The summed E-state index contributed by atoms with van der Waals surface area (Å²) in [4.78, 5) is 23.7. The molecule has 1 aliphatic carbocycles. The molecule has 1 saturated carbocycles. The van der Waals surface area contributed by atoms with Gasteiger partial charge in [0, 0.05) is 24.2 Å². The molecule has 0 aliphatic heterocycles. The lowest BCUT2D eigenvalue weighted by Gasteiger charge is -2.18. The van der Waals surface area contributed by atoms with E-state index < -0.39 is 0 Å². The highest BCUT2D eigenvalue weighted by molar-refractivity contribution is 5.89. The lowest BCUT2D eigenvalue weighted by molar-refractivity contribution is -0.125. The first-order valence-electron chi connectivity index (χ1n) is 8.12. The number of rotatable bonds is 7. The fourth-order valence-corrected chi connectivity index (χ4v) is 2.27. The smallest absolute Gasteiger partial charge is 0.319 e. The second-order valence-corrected chi connectivity index (χ2v) is 6.18. The molecule has 1 aromatic carbocycles. The molecule has 0 aromatic heterocycles. The zero-order valence-corrected chi connectivity index (χ0v) is 15.2. The number of carbonyl (C=O) groups is 2. The SMILES string of the molecule is CNCC(C)C(=O)NC(C)c1ccc(NC(=O)NC2CC2)cc1.Cl. The molecule has 4 N–H and O–H groups in total. The van der Waals surface area contributed by atoms with Crippen molar-refractivity contribution < 1.29 is 9.59 Å². The summed E-state index contributed by atoms with van der Waals surface area (Å²) in [6, 6.07) is 7.63. The highest BCUT2D eigenvalue weighted by Crippen LogP contribution is 2.19. The van der Waals surface area contributed by atoms with E-state index in [1.165, 1.54) is 0 Å². The maximum absolute atomic E-state index is 12.0. The van der Waals surface area contributed by atoms with Crippen LogP contribution in [0.2, 0.25) is 0 Å². The van der Waals surface area contributed by atoms with Gasteiger partial charge in [0.15, 0.2) is 0 Å². The Bertz CT molecular complexity index is 546. The Morgan fingerprint density at radius 2 is 1.79 bits per heavy atom. The van der Waals surface area contributed by atoms with Crippen molar-refractivity contribution in [1.29, 1.82) is 0 Å². The van der Waals surface area contributed by atoms with E-state index in [-0.39, 0.29) is 36.3 Å². The van der Waals surface area contributed by atoms with Crippen molar-refractivity contribution in [3.8, 4) is 0 Å². The molecule has 1 fully saturated rings. The third-order valence-corrected chi connectivity index (χ3v) is 3.90. The number of hydrogen-bond donors (Lipinski definition) is 4. The van der Waals surface area contributed by atoms with Crippen molar-refractivity contribution in [1.82, 2.24) is 16.0 Å². The minimum Gasteiger partial charge on any atom is -0.349 e. The van der Waals surface area contributed by atoms with E-state index in [9.17, 15) is 9.59 Å². The van der Waals surface area contributed by atoms with E-state index in [0.29, 0.717) is 12.6 Å². The summed E-state index contributed by atoms with van der Waals surface area (Å²) in [5, 5.41) is 11.7. The van der Waals surface area contributed by atoms with Gasteiger partial charge >= 0.3 is 6.03 Å². The van der Waals surface area contributed by atoms with Crippen LogP contribution in [0.3, 0.4) is 0 Å². The number of urea groups is 1. The van der Waals surface area contributed by atoms with E-state index in [1.54, 1.807) is 0 Å². The van der Waals surface area contributed by atoms with Crippen LogP contribution in [-0.4, -0.2) is 31.6 Å². The first kappa shape index (κ1) is 20.3. The van der Waals surface area contributed by atoms with Crippen molar-refractivity contribution in [2.45, 2.75) is 38.8 Å². The Morgan fingerprint density at radius 3 is 2.33 bits per heavy atom. The van der Waals surface area contributed by atoms with Crippen LogP contribution in [0.1, 0.15) is 38.3 Å². The van der Waals surface area contributed by atoms with Gasteiger partial charge in [0.05, 0.1) is 6.04 Å². The van der Waals surface area contributed by atoms with Crippen molar-refractivity contribution in [2.24, 2.45) is 5.92 Å². The van der Waals surface area contributed by atoms with Crippen LogP contribution in [0.4, 0.5) is 10.5 Å². The predicted octanol–water partition coefficient (Wildman–Crippen LogP) is 2.43. The van der Waals surface area contributed by atoms with Crippen molar-refractivity contribution >= 4 is 30.0 Å². The Hall–Kier alpha value is -1.79. The highest BCUT2D eigenvalue weighted by atomic mass is 35.5. The summed E-state index contributed by atoms with van der Waals surface area (Å²) in [5.74, 6) is -0.0487. The Labute approximate surface area is 149 Å². The number of benzene rings is 1. The molecule has 1 aromatic rings. The van der Waals surface area contributed by atoms with Gasteiger partial charge in [-0.15, -0.1) is 12.4 Å². The quantitative estimate of drug-likeness (QED) is 0.607. The van der Waals surface area contributed by atoms with Crippen LogP contribution >= 0.6 is 12.4 Å². The molecular formula is C17H27ClN4O2. The van der Waals surface area contributed by atoms with E-state index in [2.05, 4.69) is 21.3 Å². The number of anilines is 1. The van der Waals surface area contributed by atoms with Crippen molar-refractivity contribution in [3.63, 3.8) is 0 Å². The Balaban J connectivity index is 0.00000288. The molecule has 134 valence electrons. The number of nitrogens with one attached hydrogen (secondary N) is 4. The molecule has 7 heteroatoms. The number of carbonyl (C=O) groups excluding carboxylic acids is 2. The predicted molar refractivity (Wildman–Crippen MR) is 98.5 cm³/mol. The average molecular weight is 355 g/mol. The summed E-state index contributed by atoms with van der Waals surface area (Å²) < 4.78 is 0. The zero-order chi connectivity index (χ0) is 16.8. The van der Waals surface area contributed by atoms with Crippen LogP contribution in [0.25, 0.3) is 0 Å². The molecule has 6 nitrogen and oxygen atoms in total. The standard InChI is InChI=1S/C17H26N4O2.ClH/c1-11(10-18-3)16(22)19-12(2)13-4-6-14(7-5-13)20-17(23)21-15-8-9-15;/h4-7,11-12,15,18H,8-10H2,1-3H3,(H,19,22)(H2,20,21,23);1H. The summed E-state index contributed by atoms with van der Waals surface area (Å²) in [7, 11) is 1.83. The van der Waals surface area contributed by atoms with Crippen LogP contribution in [0.5, 0.6) is 0 Å². The molecule has 24 heavy (non-hydrogen) atoms. The third kappa shape index (κ3) is 6.37. The number of halogens is 1. The van der Waals surface area contributed by atoms with Crippen LogP contribution in [0.15, 0.2) is 24.3 Å². The van der Waals surface area contributed by atoms with Gasteiger partial charge < -0.3 is 21.3 Å². The van der Waals surface area contributed by atoms with Crippen LogP contribution < -0.4 is 21.3 Å². The normalized spacial score (nSPS) is 15.6. The Morgan fingerprint density at radius 1 is 1.17 bits per heavy atom. The number of amides is 3. The lowest BCUT2D eigenvalue weighted by Crippen LogP contribution is -2.35.